The zero-order chi connectivity index (χ0) is 13.7. The molecule has 0 amide bonds. The van der Waals surface area contributed by atoms with Crippen LogP contribution >= 0.6 is 0 Å². The van der Waals surface area contributed by atoms with Crippen molar-refractivity contribution in [3.05, 3.63) is 53.7 Å². The van der Waals surface area contributed by atoms with Crippen LogP contribution in [0.3, 0.4) is 0 Å². The van der Waals surface area contributed by atoms with Crippen molar-refractivity contribution in [3.63, 3.8) is 0 Å². The van der Waals surface area contributed by atoms with Crippen LogP contribution in [0.2, 0.25) is 0 Å². The first kappa shape index (κ1) is 13.3. The van der Waals surface area contributed by atoms with E-state index in [1.54, 1.807) is 18.3 Å². The molecule has 1 atom stereocenters. The molecule has 0 saturated heterocycles. The third kappa shape index (κ3) is 2.99. The van der Waals surface area contributed by atoms with Crippen LogP contribution < -0.4 is 4.74 Å². The number of hydrogen-bond acceptors (Lipinski definition) is 3. The highest BCUT2D eigenvalue weighted by molar-refractivity contribution is 5.78. The maximum Gasteiger partial charge on any atom is 0.229 e. The summed E-state index contributed by atoms with van der Waals surface area (Å²) in [6.07, 6.45) is 3.41. The topological polar surface area (TPSA) is 39.2 Å². The summed E-state index contributed by atoms with van der Waals surface area (Å²) in [6.45, 7) is 4.29. The summed E-state index contributed by atoms with van der Waals surface area (Å²) >= 11 is 0. The maximum absolute atomic E-state index is 11.0. The van der Waals surface area contributed by atoms with Gasteiger partial charge in [0.2, 0.25) is 5.88 Å². The number of pyridine rings is 1. The number of carbonyl (C=O) groups is 1. The average Bonchev–Trinajstić information content (AvgIpc) is 2.47. The van der Waals surface area contributed by atoms with Crippen LogP contribution in [0.4, 0.5) is 0 Å². The van der Waals surface area contributed by atoms with Gasteiger partial charge in [-0.2, -0.15) is 0 Å². The van der Waals surface area contributed by atoms with Crippen LogP contribution in [-0.2, 0) is 0 Å². The zero-order valence-electron chi connectivity index (χ0n) is 11.2. The molecular formula is C16H17NO2. The number of rotatable bonds is 5. The number of aromatic nitrogens is 1. The molecule has 0 radical (unpaired) electrons. The first-order valence-corrected chi connectivity index (χ1v) is 6.43. The normalized spacial score (nSPS) is 11.9. The zero-order valence-corrected chi connectivity index (χ0v) is 11.2. The molecular weight excluding hydrogens is 238 g/mol. The molecule has 1 aromatic heterocycles. The van der Waals surface area contributed by atoms with Gasteiger partial charge in [0.05, 0.1) is 5.56 Å². The van der Waals surface area contributed by atoms with E-state index in [1.165, 1.54) is 0 Å². The number of ether oxygens (including phenoxy) is 1. The highest BCUT2D eigenvalue weighted by Crippen LogP contribution is 2.31. The summed E-state index contributed by atoms with van der Waals surface area (Å²) in [5.74, 6) is 1.52. The largest absolute Gasteiger partial charge is 0.438 e. The molecule has 98 valence electrons. The van der Waals surface area contributed by atoms with Crippen LogP contribution in [0.1, 0.15) is 42.1 Å². The lowest BCUT2D eigenvalue weighted by Gasteiger charge is -2.15. The van der Waals surface area contributed by atoms with Crippen LogP contribution in [0.15, 0.2) is 42.6 Å². The molecule has 1 aromatic carbocycles. The molecule has 1 unspecified atom stereocenters. The number of hydrogen-bond donors (Lipinski definition) is 0. The van der Waals surface area contributed by atoms with Crippen molar-refractivity contribution < 1.29 is 9.53 Å². The Kier molecular flexibility index (Phi) is 4.29. The van der Waals surface area contributed by atoms with E-state index in [2.05, 4.69) is 18.8 Å². The van der Waals surface area contributed by atoms with Crippen molar-refractivity contribution in [2.75, 3.05) is 0 Å². The van der Waals surface area contributed by atoms with Crippen molar-refractivity contribution in [2.24, 2.45) is 0 Å². The number of benzene rings is 1. The summed E-state index contributed by atoms with van der Waals surface area (Å²) in [6, 6.07) is 11.3. The van der Waals surface area contributed by atoms with Crippen LogP contribution in [0.5, 0.6) is 11.6 Å². The molecule has 0 aliphatic carbocycles. The number of nitrogens with zero attached hydrogens (tertiary/aromatic N) is 1. The van der Waals surface area contributed by atoms with Gasteiger partial charge in [0.25, 0.3) is 0 Å². The molecule has 19 heavy (non-hydrogen) atoms. The minimum Gasteiger partial charge on any atom is -0.438 e. The monoisotopic (exact) mass is 255 g/mol. The molecule has 0 aliphatic rings. The van der Waals surface area contributed by atoms with Crippen molar-refractivity contribution >= 4 is 6.29 Å². The lowest BCUT2D eigenvalue weighted by atomic mass is 9.98. The second kappa shape index (κ2) is 6.14. The SMILES string of the molecule is CCC(C)c1ccccc1Oc1ncccc1C=O. The molecule has 2 rings (SSSR count). The summed E-state index contributed by atoms with van der Waals surface area (Å²) < 4.78 is 5.81. The second-order valence-electron chi connectivity index (χ2n) is 4.46. The van der Waals surface area contributed by atoms with Crippen molar-refractivity contribution in [1.82, 2.24) is 4.98 Å². The van der Waals surface area contributed by atoms with Crippen LogP contribution in [-0.4, -0.2) is 11.3 Å². The Bertz CT molecular complexity index is 566. The fraction of sp³-hybridized carbons (Fsp3) is 0.250. The first-order valence-electron chi connectivity index (χ1n) is 6.43. The second-order valence-corrected chi connectivity index (χ2v) is 4.46. The lowest BCUT2D eigenvalue weighted by Crippen LogP contribution is -1.98. The Hall–Kier alpha value is -2.16. The smallest absolute Gasteiger partial charge is 0.229 e. The van der Waals surface area contributed by atoms with E-state index in [-0.39, 0.29) is 0 Å². The molecule has 0 aliphatic heterocycles. The van der Waals surface area contributed by atoms with E-state index in [0.717, 1.165) is 24.0 Å². The van der Waals surface area contributed by atoms with Gasteiger partial charge in [-0.05, 0) is 36.1 Å². The predicted octanol–water partition coefficient (Wildman–Crippen LogP) is 4.20. The number of para-hydroxylation sites is 1. The van der Waals surface area contributed by atoms with E-state index in [4.69, 9.17) is 4.74 Å². The van der Waals surface area contributed by atoms with Crippen molar-refractivity contribution in [1.29, 1.82) is 0 Å². The fourth-order valence-electron chi connectivity index (χ4n) is 1.88. The Morgan fingerprint density at radius 2 is 2.05 bits per heavy atom. The fourth-order valence-corrected chi connectivity index (χ4v) is 1.88. The number of carbonyl (C=O) groups excluding carboxylic acids is 1. The van der Waals surface area contributed by atoms with Gasteiger partial charge < -0.3 is 4.74 Å². The van der Waals surface area contributed by atoms with Crippen LogP contribution in [0, 0.1) is 0 Å². The number of aldehydes is 1. The highest BCUT2D eigenvalue weighted by Gasteiger charge is 2.12. The molecule has 0 bridgehead atoms. The van der Waals surface area contributed by atoms with Gasteiger partial charge >= 0.3 is 0 Å². The molecule has 1 heterocycles. The quantitative estimate of drug-likeness (QED) is 0.752. The highest BCUT2D eigenvalue weighted by atomic mass is 16.5. The third-order valence-electron chi connectivity index (χ3n) is 3.20. The lowest BCUT2D eigenvalue weighted by molar-refractivity contribution is 0.112. The Labute approximate surface area is 113 Å². The summed E-state index contributed by atoms with van der Waals surface area (Å²) in [4.78, 5) is 15.1. The van der Waals surface area contributed by atoms with E-state index in [0.29, 0.717) is 17.4 Å². The van der Waals surface area contributed by atoms with E-state index < -0.39 is 0 Å². The summed E-state index contributed by atoms with van der Waals surface area (Å²) in [5, 5.41) is 0. The molecule has 0 saturated carbocycles. The van der Waals surface area contributed by atoms with Crippen LogP contribution in [0.25, 0.3) is 0 Å². The molecule has 0 N–H and O–H groups in total. The van der Waals surface area contributed by atoms with E-state index >= 15 is 0 Å². The summed E-state index contributed by atoms with van der Waals surface area (Å²) in [7, 11) is 0. The van der Waals surface area contributed by atoms with Gasteiger partial charge in [-0.1, -0.05) is 32.0 Å². The Balaban J connectivity index is 2.35. The minimum atomic E-state index is 0.355. The molecule has 0 fully saturated rings. The summed E-state index contributed by atoms with van der Waals surface area (Å²) in [5.41, 5.74) is 1.59. The third-order valence-corrected chi connectivity index (χ3v) is 3.20. The van der Waals surface area contributed by atoms with Gasteiger partial charge in [-0.25, -0.2) is 4.98 Å². The molecule has 3 nitrogen and oxygen atoms in total. The van der Waals surface area contributed by atoms with Gasteiger partial charge in [0, 0.05) is 6.20 Å². The minimum absolute atomic E-state index is 0.355. The average molecular weight is 255 g/mol. The molecule has 0 spiro atoms. The molecule has 2 aromatic rings. The van der Waals surface area contributed by atoms with E-state index in [9.17, 15) is 4.79 Å². The van der Waals surface area contributed by atoms with Gasteiger partial charge in [-0.3, -0.25) is 4.79 Å². The maximum atomic E-state index is 11.0. The van der Waals surface area contributed by atoms with Gasteiger partial charge in [0.1, 0.15) is 5.75 Å². The first-order chi connectivity index (χ1) is 9.26. The van der Waals surface area contributed by atoms with Crippen molar-refractivity contribution in [2.45, 2.75) is 26.2 Å². The Morgan fingerprint density at radius 3 is 2.79 bits per heavy atom. The van der Waals surface area contributed by atoms with Crippen molar-refractivity contribution in [3.8, 4) is 11.6 Å². The van der Waals surface area contributed by atoms with E-state index in [1.807, 2.05) is 24.3 Å². The van der Waals surface area contributed by atoms with Gasteiger partial charge in [-0.15, -0.1) is 0 Å². The Morgan fingerprint density at radius 1 is 1.26 bits per heavy atom. The standard InChI is InChI=1S/C16H17NO2/c1-3-12(2)14-8-4-5-9-15(14)19-16-13(11-18)7-6-10-17-16/h4-12H,3H2,1-2H3. The van der Waals surface area contributed by atoms with Gasteiger partial charge in [0.15, 0.2) is 6.29 Å². The predicted molar refractivity (Wildman–Crippen MR) is 74.8 cm³/mol. The molecule has 3 heteroatoms.